The van der Waals surface area contributed by atoms with E-state index in [1.807, 2.05) is 29.2 Å². The number of carbonyl (C=O) groups is 1. The largest absolute Gasteiger partial charge is 0.341 e. The molecule has 2 unspecified atom stereocenters. The van der Waals surface area contributed by atoms with Crippen molar-refractivity contribution in [2.24, 2.45) is 11.8 Å². The van der Waals surface area contributed by atoms with Gasteiger partial charge in [0.25, 0.3) is 0 Å². The predicted molar refractivity (Wildman–Crippen MR) is 99.4 cm³/mol. The summed E-state index contributed by atoms with van der Waals surface area (Å²) >= 11 is 1.35. The average Bonchev–Trinajstić information content (AvgIpc) is 2.96. The van der Waals surface area contributed by atoms with Gasteiger partial charge < -0.3 is 9.88 Å². The summed E-state index contributed by atoms with van der Waals surface area (Å²) in [6.07, 6.45) is 1.20. The van der Waals surface area contributed by atoms with Crippen LogP contribution in [0.25, 0.3) is 22.1 Å². The summed E-state index contributed by atoms with van der Waals surface area (Å²) in [5.41, 5.74) is 2.48. The van der Waals surface area contributed by atoms with E-state index in [0.29, 0.717) is 28.4 Å². The van der Waals surface area contributed by atoms with Crippen LogP contribution in [-0.2, 0) is 4.79 Å². The van der Waals surface area contributed by atoms with E-state index in [9.17, 15) is 4.79 Å². The number of carbonyl (C=O) groups excluding carboxylic acids is 1. The topological polar surface area (TPSA) is 74.8 Å². The number of benzene rings is 1. The number of likely N-dealkylation sites (tertiary alicyclic amines) is 1. The number of amides is 1. The highest BCUT2D eigenvalue weighted by molar-refractivity contribution is 7.99. The molecule has 7 heteroatoms. The first-order chi connectivity index (χ1) is 12.1. The fourth-order valence-electron chi connectivity index (χ4n) is 3.65. The molecule has 0 saturated carbocycles. The van der Waals surface area contributed by atoms with Crippen LogP contribution in [0.1, 0.15) is 20.3 Å². The van der Waals surface area contributed by atoms with Gasteiger partial charge >= 0.3 is 0 Å². The molecule has 6 nitrogen and oxygen atoms in total. The second-order valence-electron chi connectivity index (χ2n) is 7.00. The van der Waals surface area contributed by atoms with Crippen molar-refractivity contribution in [1.82, 2.24) is 25.1 Å². The van der Waals surface area contributed by atoms with Crippen molar-refractivity contribution >= 4 is 39.7 Å². The van der Waals surface area contributed by atoms with Gasteiger partial charge in [-0.1, -0.05) is 43.8 Å². The van der Waals surface area contributed by atoms with E-state index in [2.05, 4.69) is 34.0 Å². The van der Waals surface area contributed by atoms with Crippen molar-refractivity contribution in [3.63, 3.8) is 0 Å². The zero-order valence-electron chi connectivity index (χ0n) is 14.4. The first-order valence-electron chi connectivity index (χ1n) is 8.62. The zero-order valence-corrected chi connectivity index (χ0v) is 15.2. The minimum atomic E-state index is 0.156. The predicted octanol–water partition coefficient (Wildman–Crippen LogP) is 3.10. The van der Waals surface area contributed by atoms with E-state index in [4.69, 9.17) is 0 Å². The molecule has 1 aliphatic heterocycles. The van der Waals surface area contributed by atoms with E-state index in [0.717, 1.165) is 29.5 Å². The van der Waals surface area contributed by atoms with Crippen LogP contribution in [0, 0.1) is 11.8 Å². The highest BCUT2D eigenvalue weighted by atomic mass is 32.2. The molecule has 1 aromatic carbocycles. The lowest BCUT2D eigenvalue weighted by atomic mass is 9.92. The number of piperidine rings is 1. The number of rotatable bonds is 3. The number of nitrogens with zero attached hydrogens (tertiary/aromatic N) is 4. The Hall–Kier alpha value is -2.15. The highest BCUT2D eigenvalue weighted by Crippen LogP contribution is 2.25. The van der Waals surface area contributed by atoms with Crippen molar-refractivity contribution in [3.05, 3.63) is 24.3 Å². The smallest absolute Gasteiger partial charge is 0.233 e. The van der Waals surface area contributed by atoms with E-state index in [1.54, 1.807) is 0 Å². The molecule has 1 N–H and O–H groups in total. The molecule has 0 radical (unpaired) electrons. The molecular weight excluding hydrogens is 334 g/mol. The maximum Gasteiger partial charge on any atom is 0.233 e. The molecule has 2 aromatic heterocycles. The number of hydrogen-bond donors (Lipinski definition) is 1. The summed E-state index contributed by atoms with van der Waals surface area (Å²) < 4.78 is 0. The second kappa shape index (κ2) is 6.63. The molecule has 0 bridgehead atoms. The van der Waals surface area contributed by atoms with Crippen molar-refractivity contribution in [3.8, 4) is 0 Å². The minimum Gasteiger partial charge on any atom is -0.341 e. The summed E-state index contributed by atoms with van der Waals surface area (Å²) in [6, 6.07) is 7.94. The fourth-order valence-corrected chi connectivity index (χ4v) is 4.34. The van der Waals surface area contributed by atoms with E-state index >= 15 is 0 Å². The molecule has 2 atom stereocenters. The van der Waals surface area contributed by atoms with Gasteiger partial charge in [-0.05, 0) is 24.3 Å². The number of fused-ring (bicyclic) bond motifs is 3. The summed E-state index contributed by atoms with van der Waals surface area (Å²) in [7, 11) is 0. The van der Waals surface area contributed by atoms with Gasteiger partial charge in [-0.15, -0.1) is 10.2 Å². The Kier molecular flexibility index (Phi) is 4.33. The molecule has 1 fully saturated rings. The normalized spacial score (nSPS) is 21.1. The third-order valence-electron chi connectivity index (χ3n) is 4.65. The molecule has 3 heterocycles. The molecule has 4 rings (SSSR count). The summed E-state index contributed by atoms with van der Waals surface area (Å²) in [4.78, 5) is 22.2. The van der Waals surface area contributed by atoms with Gasteiger partial charge in [0, 0.05) is 24.0 Å². The Labute approximate surface area is 150 Å². The number of thioether (sulfide) groups is 1. The molecule has 1 amide bonds. The maximum atomic E-state index is 12.5. The Morgan fingerprint density at radius 1 is 1.24 bits per heavy atom. The van der Waals surface area contributed by atoms with Crippen molar-refractivity contribution < 1.29 is 4.79 Å². The summed E-state index contributed by atoms with van der Waals surface area (Å²) in [6.45, 7) is 6.12. The van der Waals surface area contributed by atoms with Gasteiger partial charge in [0.05, 0.1) is 5.75 Å². The lowest BCUT2D eigenvalue weighted by Gasteiger charge is -2.34. The number of H-pyrrole nitrogens is 1. The van der Waals surface area contributed by atoms with Crippen molar-refractivity contribution in [2.45, 2.75) is 25.4 Å². The van der Waals surface area contributed by atoms with Crippen LogP contribution >= 0.6 is 11.8 Å². The molecule has 1 saturated heterocycles. The maximum absolute atomic E-state index is 12.5. The third kappa shape index (κ3) is 3.33. The van der Waals surface area contributed by atoms with Crippen LogP contribution in [0.3, 0.4) is 0 Å². The lowest BCUT2D eigenvalue weighted by Crippen LogP contribution is -2.43. The number of nitrogens with one attached hydrogen (secondary N) is 1. The van der Waals surface area contributed by atoms with E-state index in [-0.39, 0.29) is 5.91 Å². The molecule has 130 valence electrons. The molecule has 1 aliphatic rings. The van der Waals surface area contributed by atoms with Crippen LogP contribution in [0.5, 0.6) is 0 Å². The monoisotopic (exact) mass is 355 g/mol. The van der Waals surface area contributed by atoms with Gasteiger partial charge in [-0.3, -0.25) is 4.79 Å². The number of aromatic amines is 1. The Morgan fingerprint density at radius 3 is 2.80 bits per heavy atom. The number of para-hydroxylation sites is 1. The van der Waals surface area contributed by atoms with Gasteiger partial charge in [0.2, 0.25) is 11.1 Å². The minimum absolute atomic E-state index is 0.156. The first-order valence-corrected chi connectivity index (χ1v) is 9.60. The third-order valence-corrected chi connectivity index (χ3v) is 5.47. The molecule has 25 heavy (non-hydrogen) atoms. The molecule has 0 spiro atoms. The second-order valence-corrected chi connectivity index (χ2v) is 7.94. The van der Waals surface area contributed by atoms with Crippen molar-refractivity contribution in [1.29, 1.82) is 0 Å². The van der Waals surface area contributed by atoms with Gasteiger partial charge in [0.15, 0.2) is 5.65 Å². The van der Waals surface area contributed by atoms with Crippen LogP contribution in [0.4, 0.5) is 0 Å². The van der Waals surface area contributed by atoms with Crippen LogP contribution < -0.4 is 0 Å². The summed E-state index contributed by atoms with van der Waals surface area (Å²) in [5.74, 6) is 1.65. The fraction of sp³-hybridized carbons (Fsp3) is 0.444. The quantitative estimate of drug-likeness (QED) is 0.731. The Balaban J connectivity index is 1.47. The lowest BCUT2D eigenvalue weighted by molar-refractivity contribution is -0.130. The standard InChI is InChI=1S/C18H21N5OS/c1-11-7-12(2)9-23(8-11)15(24)10-25-18-20-17-16(21-22-18)13-5-3-4-6-14(13)19-17/h3-6,11-12H,7-10H2,1-2H3,(H,19,20,22). The molecule has 0 aliphatic carbocycles. The van der Waals surface area contributed by atoms with E-state index in [1.165, 1.54) is 18.2 Å². The van der Waals surface area contributed by atoms with Crippen LogP contribution in [0.15, 0.2) is 29.4 Å². The number of hydrogen-bond acceptors (Lipinski definition) is 5. The zero-order chi connectivity index (χ0) is 17.4. The Morgan fingerprint density at radius 2 is 2.00 bits per heavy atom. The van der Waals surface area contributed by atoms with Crippen LogP contribution in [-0.4, -0.2) is 49.8 Å². The highest BCUT2D eigenvalue weighted by Gasteiger charge is 2.25. The van der Waals surface area contributed by atoms with Gasteiger partial charge in [-0.2, -0.15) is 0 Å². The molecule has 3 aromatic rings. The average molecular weight is 355 g/mol. The number of aromatic nitrogens is 4. The van der Waals surface area contributed by atoms with Gasteiger partial charge in [-0.25, -0.2) is 4.98 Å². The van der Waals surface area contributed by atoms with Crippen LogP contribution in [0.2, 0.25) is 0 Å². The SMILES string of the molecule is CC1CC(C)CN(C(=O)CSc2nnc3c(n2)[nH]c2ccccc23)C1. The van der Waals surface area contributed by atoms with Crippen molar-refractivity contribution in [2.75, 3.05) is 18.8 Å². The van der Waals surface area contributed by atoms with E-state index < -0.39 is 0 Å². The van der Waals surface area contributed by atoms with Gasteiger partial charge in [0.1, 0.15) is 5.52 Å². The first kappa shape index (κ1) is 16.3. The Bertz CT molecular complexity index is 914. The molecular formula is C18H21N5OS. The summed E-state index contributed by atoms with van der Waals surface area (Å²) in [5, 5.41) is 10.0.